The highest BCUT2D eigenvalue weighted by Gasteiger charge is 2.16. The number of H-pyrrole nitrogens is 1. The summed E-state index contributed by atoms with van der Waals surface area (Å²) in [5.41, 5.74) is 1.97. The monoisotopic (exact) mass is 432 g/mol. The number of aryl methyl sites for hydroxylation is 1. The Labute approximate surface area is 174 Å². The lowest BCUT2D eigenvalue weighted by atomic mass is 10.2. The molecule has 4 rings (SSSR count). The highest BCUT2D eigenvalue weighted by molar-refractivity contribution is 8.00. The van der Waals surface area contributed by atoms with E-state index in [1.165, 1.54) is 18.3 Å². The molecule has 2 aromatic heterocycles. The molecule has 142 valence electrons. The number of aromatic nitrogens is 4. The Morgan fingerprint density at radius 1 is 1.18 bits per heavy atom. The lowest BCUT2D eigenvalue weighted by Crippen LogP contribution is -2.15. The zero-order chi connectivity index (χ0) is 19.7. The highest BCUT2D eigenvalue weighted by atomic mass is 35.5. The number of nitrogens with one attached hydrogen (secondary N) is 3. The number of nitrogens with zero attached hydrogens (tertiary/aromatic N) is 3. The molecule has 0 bridgehead atoms. The molecule has 3 N–H and O–H groups in total. The quantitative estimate of drug-likeness (QED) is 0.387. The normalized spacial score (nSPS) is 11.0. The number of carbonyl (C=O) groups is 1. The molecule has 28 heavy (non-hydrogen) atoms. The van der Waals surface area contributed by atoms with Crippen LogP contribution in [0.15, 0.2) is 53.7 Å². The van der Waals surface area contributed by atoms with Gasteiger partial charge in [0.25, 0.3) is 5.91 Å². The van der Waals surface area contributed by atoms with Crippen molar-refractivity contribution in [3.63, 3.8) is 0 Å². The predicted octanol–water partition coefficient (Wildman–Crippen LogP) is 4.97. The minimum Gasteiger partial charge on any atom is -0.340 e. The molecule has 0 unspecified atom stereocenters. The zero-order valence-electron chi connectivity index (χ0n) is 14.5. The van der Waals surface area contributed by atoms with Gasteiger partial charge in [-0.2, -0.15) is 10.1 Å². The smallest absolute Gasteiger partial charge is 0.272 e. The number of halogens is 2. The second-order valence-electron chi connectivity index (χ2n) is 5.93. The van der Waals surface area contributed by atoms with Crippen LogP contribution in [0.3, 0.4) is 0 Å². The molecule has 0 saturated carbocycles. The minimum absolute atomic E-state index is 0.230. The van der Waals surface area contributed by atoms with E-state index in [2.05, 4.69) is 25.2 Å². The molecule has 0 radical (unpaired) electrons. The van der Waals surface area contributed by atoms with Crippen LogP contribution in [0.5, 0.6) is 0 Å². The summed E-state index contributed by atoms with van der Waals surface area (Å²) in [7, 11) is 1.80. The van der Waals surface area contributed by atoms with Crippen LogP contribution in [0.1, 0.15) is 10.5 Å². The number of hydrogen-bond acceptors (Lipinski definition) is 5. The summed E-state index contributed by atoms with van der Waals surface area (Å²) in [4.78, 5) is 17.7. The van der Waals surface area contributed by atoms with E-state index in [4.69, 9.17) is 23.2 Å². The average molecular weight is 433 g/mol. The van der Waals surface area contributed by atoms with Crippen LogP contribution in [0.2, 0.25) is 10.0 Å². The van der Waals surface area contributed by atoms with Gasteiger partial charge in [0.2, 0.25) is 5.95 Å². The lowest BCUT2D eigenvalue weighted by Gasteiger charge is -2.08. The molecule has 10 heteroatoms. The number of anilines is 2. The molecule has 0 atom stereocenters. The number of carbonyl (C=O) groups excluding carboxylic acids is 1. The molecule has 0 spiro atoms. The van der Waals surface area contributed by atoms with Gasteiger partial charge < -0.3 is 9.88 Å². The number of hydrogen-bond donors (Lipinski definition) is 3. The van der Waals surface area contributed by atoms with E-state index in [-0.39, 0.29) is 5.91 Å². The van der Waals surface area contributed by atoms with Crippen LogP contribution in [-0.2, 0) is 7.05 Å². The molecule has 1 amide bonds. The van der Waals surface area contributed by atoms with Crippen molar-refractivity contribution in [2.75, 3.05) is 10.0 Å². The van der Waals surface area contributed by atoms with Crippen molar-refractivity contribution in [3.8, 4) is 0 Å². The molecular formula is C18H14Cl2N6OS. The second-order valence-corrected chi connectivity index (χ2v) is 7.65. The first-order valence-corrected chi connectivity index (χ1v) is 9.72. The van der Waals surface area contributed by atoms with Crippen molar-refractivity contribution in [2.45, 2.75) is 4.90 Å². The SMILES string of the molecule is Cn1c(C(=O)Nc2ccc(SNc3ncn[nH]3)cc2)cc2c(Cl)cc(Cl)cc21. The first-order valence-electron chi connectivity index (χ1n) is 8.15. The first-order chi connectivity index (χ1) is 13.5. The van der Waals surface area contributed by atoms with Gasteiger partial charge in [0.1, 0.15) is 12.0 Å². The van der Waals surface area contributed by atoms with E-state index in [9.17, 15) is 4.79 Å². The molecular weight excluding hydrogens is 419 g/mol. The number of benzene rings is 2. The number of rotatable bonds is 5. The third-order valence-electron chi connectivity index (χ3n) is 4.10. The van der Waals surface area contributed by atoms with Gasteiger partial charge in [0.05, 0.1) is 10.5 Å². The Morgan fingerprint density at radius 2 is 1.96 bits per heavy atom. The number of fused-ring (bicyclic) bond motifs is 1. The van der Waals surface area contributed by atoms with Crippen LogP contribution in [0.25, 0.3) is 10.9 Å². The van der Waals surface area contributed by atoms with Gasteiger partial charge in [-0.15, -0.1) is 0 Å². The molecule has 2 heterocycles. The summed E-state index contributed by atoms with van der Waals surface area (Å²) in [6.45, 7) is 0. The number of aromatic amines is 1. The maximum atomic E-state index is 12.7. The summed E-state index contributed by atoms with van der Waals surface area (Å²) >= 11 is 13.7. The van der Waals surface area contributed by atoms with Crippen molar-refractivity contribution in [1.29, 1.82) is 0 Å². The number of amides is 1. The predicted molar refractivity (Wildman–Crippen MR) is 113 cm³/mol. The minimum atomic E-state index is -0.230. The van der Waals surface area contributed by atoms with Crippen LogP contribution >= 0.6 is 35.1 Å². The van der Waals surface area contributed by atoms with Crippen molar-refractivity contribution in [2.24, 2.45) is 7.05 Å². The molecule has 4 aromatic rings. The standard InChI is InChI=1S/C18H14Cl2N6OS/c1-26-15-7-10(19)6-14(20)13(15)8-16(26)17(27)23-11-2-4-12(5-3-11)28-25-18-21-9-22-24-18/h2-9H,1H3,(H,23,27)(H2,21,22,24,25). The summed E-state index contributed by atoms with van der Waals surface area (Å²) in [6, 6.07) is 12.6. The van der Waals surface area contributed by atoms with Crippen molar-refractivity contribution < 1.29 is 4.79 Å². The summed E-state index contributed by atoms with van der Waals surface area (Å²) in [6.07, 6.45) is 1.43. The lowest BCUT2D eigenvalue weighted by molar-refractivity contribution is 0.102. The molecule has 0 fully saturated rings. The summed E-state index contributed by atoms with van der Waals surface area (Å²) < 4.78 is 4.80. The average Bonchev–Trinajstić information content (AvgIpc) is 3.30. The van der Waals surface area contributed by atoms with Gasteiger partial charge >= 0.3 is 0 Å². The topological polar surface area (TPSA) is 87.6 Å². The van der Waals surface area contributed by atoms with E-state index in [1.807, 2.05) is 24.3 Å². The van der Waals surface area contributed by atoms with Crippen molar-refractivity contribution >= 4 is 63.6 Å². The highest BCUT2D eigenvalue weighted by Crippen LogP contribution is 2.30. The molecule has 0 aliphatic heterocycles. The van der Waals surface area contributed by atoms with Crippen LogP contribution < -0.4 is 10.0 Å². The fraction of sp³-hybridized carbons (Fsp3) is 0.0556. The third kappa shape index (κ3) is 3.80. The van der Waals surface area contributed by atoms with Gasteiger partial charge in [-0.25, -0.2) is 5.10 Å². The molecule has 0 saturated heterocycles. The Morgan fingerprint density at radius 3 is 2.68 bits per heavy atom. The van der Waals surface area contributed by atoms with E-state index in [0.29, 0.717) is 27.4 Å². The third-order valence-corrected chi connectivity index (χ3v) is 5.44. The van der Waals surface area contributed by atoms with E-state index < -0.39 is 0 Å². The Kier molecular flexibility index (Phi) is 5.17. The summed E-state index contributed by atoms with van der Waals surface area (Å²) in [5, 5.41) is 11.2. The zero-order valence-corrected chi connectivity index (χ0v) is 16.9. The van der Waals surface area contributed by atoms with Gasteiger partial charge in [-0.3, -0.25) is 9.52 Å². The van der Waals surface area contributed by atoms with Gasteiger partial charge in [-0.05, 0) is 54.4 Å². The van der Waals surface area contributed by atoms with Crippen LogP contribution in [0, 0.1) is 0 Å². The van der Waals surface area contributed by atoms with Gasteiger partial charge in [-0.1, -0.05) is 23.2 Å². The van der Waals surface area contributed by atoms with E-state index >= 15 is 0 Å². The molecule has 7 nitrogen and oxygen atoms in total. The molecule has 0 aliphatic rings. The Balaban J connectivity index is 1.48. The largest absolute Gasteiger partial charge is 0.340 e. The van der Waals surface area contributed by atoms with Gasteiger partial charge in [0.15, 0.2) is 0 Å². The van der Waals surface area contributed by atoms with Crippen LogP contribution in [0.4, 0.5) is 11.6 Å². The molecule has 0 aliphatic carbocycles. The Hall–Kier alpha value is -2.68. The van der Waals surface area contributed by atoms with Crippen LogP contribution in [-0.4, -0.2) is 25.7 Å². The fourth-order valence-corrected chi connectivity index (χ4v) is 3.86. The van der Waals surface area contributed by atoms with Crippen molar-refractivity contribution in [3.05, 3.63) is 64.5 Å². The van der Waals surface area contributed by atoms with E-state index in [1.54, 1.807) is 29.8 Å². The maximum Gasteiger partial charge on any atom is 0.272 e. The van der Waals surface area contributed by atoms with Crippen molar-refractivity contribution in [1.82, 2.24) is 19.7 Å². The second kappa shape index (κ2) is 7.75. The Bertz CT molecular complexity index is 1140. The maximum absolute atomic E-state index is 12.7. The van der Waals surface area contributed by atoms with E-state index in [0.717, 1.165) is 15.8 Å². The molecule has 2 aromatic carbocycles. The summed E-state index contributed by atoms with van der Waals surface area (Å²) in [5.74, 6) is 0.336. The van der Waals surface area contributed by atoms with Gasteiger partial charge in [0, 0.05) is 28.0 Å². The first kappa shape index (κ1) is 18.7. The fourth-order valence-electron chi connectivity index (χ4n) is 2.74.